The standard InChI is InChI=1S/C26H23Cl2NO2/c1-14-13-26(2,3)29-19-12-21(30-4)23-18-7-5-6-8-20(18)31-25(24(23)22(14)19)15-9-16(27)11-17(28)10-15/h5-12,25,29H,1,13H2,2-4H3. The van der Waals surface area contributed by atoms with Gasteiger partial charge >= 0.3 is 0 Å². The summed E-state index contributed by atoms with van der Waals surface area (Å²) in [5.41, 5.74) is 6.97. The van der Waals surface area contributed by atoms with Gasteiger partial charge in [-0.25, -0.2) is 0 Å². The van der Waals surface area contributed by atoms with Crippen molar-refractivity contribution in [1.29, 1.82) is 0 Å². The monoisotopic (exact) mass is 451 g/mol. The number of halogens is 2. The molecular weight excluding hydrogens is 429 g/mol. The van der Waals surface area contributed by atoms with Gasteiger partial charge < -0.3 is 14.8 Å². The largest absolute Gasteiger partial charge is 0.496 e. The highest BCUT2D eigenvalue weighted by Crippen LogP contribution is 2.55. The predicted octanol–water partition coefficient (Wildman–Crippen LogP) is 7.76. The summed E-state index contributed by atoms with van der Waals surface area (Å²) >= 11 is 12.7. The van der Waals surface area contributed by atoms with Crippen LogP contribution in [0.2, 0.25) is 10.0 Å². The average molecular weight is 452 g/mol. The molecule has 0 saturated carbocycles. The smallest absolute Gasteiger partial charge is 0.150 e. The summed E-state index contributed by atoms with van der Waals surface area (Å²) in [7, 11) is 1.70. The third kappa shape index (κ3) is 3.37. The number of nitrogens with one attached hydrogen (secondary N) is 1. The molecule has 0 saturated heterocycles. The fourth-order valence-electron chi connectivity index (χ4n) is 4.81. The van der Waals surface area contributed by atoms with E-state index in [4.69, 9.17) is 32.7 Å². The van der Waals surface area contributed by atoms with Crippen molar-refractivity contribution in [2.24, 2.45) is 0 Å². The third-order valence-electron chi connectivity index (χ3n) is 5.88. The molecule has 3 aromatic rings. The van der Waals surface area contributed by atoms with E-state index >= 15 is 0 Å². The molecule has 5 rings (SSSR count). The Labute approximate surface area is 192 Å². The Bertz CT molecular complexity index is 1210. The van der Waals surface area contributed by atoms with Gasteiger partial charge in [-0.2, -0.15) is 0 Å². The molecule has 158 valence electrons. The molecule has 2 heterocycles. The molecular formula is C26H23Cl2NO2. The number of methoxy groups -OCH3 is 1. The summed E-state index contributed by atoms with van der Waals surface area (Å²) < 4.78 is 12.5. The molecule has 0 bridgehead atoms. The maximum absolute atomic E-state index is 6.58. The van der Waals surface area contributed by atoms with Crippen LogP contribution in [-0.4, -0.2) is 12.6 Å². The van der Waals surface area contributed by atoms with Gasteiger partial charge in [0, 0.05) is 49.6 Å². The van der Waals surface area contributed by atoms with Crippen LogP contribution < -0.4 is 14.8 Å². The lowest BCUT2D eigenvalue weighted by Gasteiger charge is -2.40. The van der Waals surface area contributed by atoms with E-state index in [0.29, 0.717) is 10.0 Å². The maximum atomic E-state index is 6.58. The highest BCUT2D eigenvalue weighted by atomic mass is 35.5. The molecule has 2 aliphatic heterocycles. The van der Waals surface area contributed by atoms with Gasteiger partial charge in [0.15, 0.2) is 6.10 Å². The fourth-order valence-corrected chi connectivity index (χ4v) is 5.36. The van der Waals surface area contributed by atoms with E-state index in [9.17, 15) is 0 Å². The van der Waals surface area contributed by atoms with E-state index in [1.54, 1.807) is 13.2 Å². The van der Waals surface area contributed by atoms with Gasteiger partial charge in [0.25, 0.3) is 0 Å². The van der Waals surface area contributed by atoms with Crippen LogP contribution in [0.5, 0.6) is 11.5 Å². The zero-order valence-corrected chi connectivity index (χ0v) is 19.2. The van der Waals surface area contributed by atoms with Gasteiger partial charge in [0.05, 0.1) is 7.11 Å². The second kappa shape index (κ2) is 7.22. The molecule has 1 unspecified atom stereocenters. The van der Waals surface area contributed by atoms with Gasteiger partial charge in [-0.15, -0.1) is 0 Å². The van der Waals surface area contributed by atoms with Crippen LogP contribution in [0.25, 0.3) is 16.7 Å². The first kappa shape index (κ1) is 20.3. The van der Waals surface area contributed by atoms with Crippen molar-refractivity contribution >= 4 is 34.5 Å². The Morgan fingerprint density at radius 3 is 2.48 bits per heavy atom. The summed E-state index contributed by atoms with van der Waals surface area (Å²) in [6.45, 7) is 8.79. The van der Waals surface area contributed by atoms with Crippen molar-refractivity contribution in [2.45, 2.75) is 31.9 Å². The van der Waals surface area contributed by atoms with E-state index in [-0.39, 0.29) is 5.54 Å². The number of ether oxygens (including phenoxy) is 2. The first-order valence-corrected chi connectivity index (χ1v) is 11.0. The van der Waals surface area contributed by atoms with E-state index in [2.05, 4.69) is 37.9 Å². The average Bonchev–Trinajstić information content (AvgIpc) is 2.70. The van der Waals surface area contributed by atoms with E-state index in [1.807, 2.05) is 30.3 Å². The van der Waals surface area contributed by atoms with Gasteiger partial charge in [-0.05, 0) is 55.7 Å². The Morgan fingerprint density at radius 1 is 1.06 bits per heavy atom. The number of anilines is 1. The Kier molecular flexibility index (Phi) is 4.72. The summed E-state index contributed by atoms with van der Waals surface area (Å²) in [5.74, 6) is 1.59. The molecule has 1 atom stereocenters. The van der Waals surface area contributed by atoms with Crippen LogP contribution in [0.15, 0.2) is 55.1 Å². The van der Waals surface area contributed by atoms with Crippen LogP contribution in [0.3, 0.4) is 0 Å². The van der Waals surface area contributed by atoms with Crippen molar-refractivity contribution < 1.29 is 9.47 Å². The van der Waals surface area contributed by atoms with Crippen molar-refractivity contribution in [2.75, 3.05) is 12.4 Å². The Balaban J connectivity index is 1.87. The zero-order chi connectivity index (χ0) is 21.9. The number of hydrogen-bond donors (Lipinski definition) is 1. The summed E-state index contributed by atoms with van der Waals surface area (Å²) in [6, 6.07) is 15.6. The molecule has 0 aliphatic carbocycles. The van der Waals surface area contributed by atoms with Crippen molar-refractivity contribution in [3.8, 4) is 22.6 Å². The summed E-state index contributed by atoms with van der Waals surface area (Å²) in [6.07, 6.45) is 0.424. The molecule has 0 fully saturated rings. The van der Waals surface area contributed by atoms with E-state index in [1.165, 1.54) is 0 Å². The molecule has 0 amide bonds. The van der Waals surface area contributed by atoms with Crippen LogP contribution in [0.1, 0.15) is 43.1 Å². The maximum Gasteiger partial charge on any atom is 0.150 e. The number of para-hydroxylation sites is 1. The quantitative estimate of drug-likeness (QED) is 0.431. The number of rotatable bonds is 2. The minimum Gasteiger partial charge on any atom is -0.496 e. The lowest BCUT2D eigenvalue weighted by atomic mass is 9.78. The van der Waals surface area contributed by atoms with Gasteiger partial charge in [0.2, 0.25) is 0 Å². The molecule has 0 aromatic heterocycles. The van der Waals surface area contributed by atoms with Crippen LogP contribution in [-0.2, 0) is 0 Å². The molecule has 3 nitrogen and oxygen atoms in total. The first-order valence-electron chi connectivity index (χ1n) is 10.2. The normalized spacial score (nSPS) is 18.2. The molecule has 31 heavy (non-hydrogen) atoms. The van der Waals surface area contributed by atoms with Gasteiger partial charge in [-0.1, -0.05) is 48.0 Å². The van der Waals surface area contributed by atoms with Crippen LogP contribution >= 0.6 is 23.2 Å². The number of benzene rings is 3. The molecule has 5 heteroatoms. The van der Waals surface area contributed by atoms with E-state index < -0.39 is 6.10 Å². The minimum absolute atomic E-state index is 0.106. The molecule has 0 spiro atoms. The Morgan fingerprint density at radius 2 is 1.77 bits per heavy atom. The third-order valence-corrected chi connectivity index (χ3v) is 6.32. The van der Waals surface area contributed by atoms with Crippen molar-refractivity contribution in [3.05, 3.63) is 81.8 Å². The van der Waals surface area contributed by atoms with Crippen LogP contribution in [0.4, 0.5) is 5.69 Å². The SMILES string of the molecule is C=C1CC(C)(C)Nc2cc(OC)c3c(c21)C(c1cc(Cl)cc(Cl)c1)Oc1ccccc1-3. The fraction of sp³-hybridized carbons (Fsp3) is 0.231. The van der Waals surface area contributed by atoms with Crippen molar-refractivity contribution in [1.82, 2.24) is 0 Å². The molecule has 2 aliphatic rings. The van der Waals surface area contributed by atoms with Gasteiger partial charge in [-0.3, -0.25) is 0 Å². The second-order valence-corrected chi connectivity index (χ2v) is 9.65. The molecule has 3 aromatic carbocycles. The molecule has 1 N–H and O–H groups in total. The topological polar surface area (TPSA) is 30.5 Å². The number of hydrogen-bond acceptors (Lipinski definition) is 3. The number of fused-ring (bicyclic) bond motifs is 5. The first-order chi connectivity index (χ1) is 14.8. The van der Waals surface area contributed by atoms with E-state index in [0.717, 1.165) is 57.0 Å². The van der Waals surface area contributed by atoms with Crippen LogP contribution in [0, 0.1) is 0 Å². The minimum atomic E-state index is -0.398. The lowest BCUT2D eigenvalue weighted by molar-refractivity contribution is 0.242. The highest BCUT2D eigenvalue weighted by Gasteiger charge is 2.38. The predicted molar refractivity (Wildman–Crippen MR) is 129 cm³/mol. The molecule has 0 radical (unpaired) electrons. The van der Waals surface area contributed by atoms with Crippen molar-refractivity contribution in [3.63, 3.8) is 0 Å². The lowest BCUT2D eigenvalue weighted by Crippen LogP contribution is -2.35. The zero-order valence-electron chi connectivity index (χ0n) is 17.7. The summed E-state index contributed by atoms with van der Waals surface area (Å²) in [4.78, 5) is 0. The highest BCUT2D eigenvalue weighted by molar-refractivity contribution is 6.34. The second-order valence-electron chi connectivity index (χ2n) is 8.78. The Hall–Kier alpha value is -2.62. The van der Waals surface area contributed by atoms with Gasteiger partial charge in [0.1, 0.15) is 11.5 Å². The summed E-state index contributed by atoms with van der Waals surface area (Å²) in [5, 5.41) is 4.80.